The molecule has 112 valence electrons. The molecule has 0 fully saturated rings. The van der Waals surface area contributed by atoms with E-state index in [-0.39, 0.29) is 11.9 Å². The van der Waals surface area contributed by atoms with E-state index >= 15 is 0 Å². The number of ether oxygens (including phenoxy) is 1. The maximum Gasteiger partial charge on any atom is 0.126 e. The number of hydrogen-bond donors (Lipinski definition) is 1. The number of halogens is 1. The molecule has 0 heterocycles. The van der Waals surface area contributed by atoms with Crippen LogP contribution in [0.4, 0.5) is 4.39 Å². The molecule has 1 N–H and O–H groups in total. The Hall–Kier alpha value is -1.87. The first kappa shape index (κ1) is 15.5. The van der Waals surface area contributed by atoms with Gasteiger partial charge in [0.2, 0.25) is 0 Å². The maximum absolute atomic E-state index is 13.9. The van der Waals surface area contributed by atoms with Crippen molar-refractivity contribution in [2.24, 2.45) is 0 Å². The van der Waals surface area contributed by atoms with Gasteiger partial charge in [-0.05, 0) is 48.7 Å². The van der Waals surface area contributed by atoms with Crippen LogP contribution in [0.25, 0.3) is 0 Å². The zero-order chi connectivity index (χ0) is 15.1. The summed E-state index contributed by atoms with van der Waals surface area (Å²) in [6.45, 7) is 3.03. The lowest BCUT2D eigenvalue weighted by molar-refractivity contribution is 0.414. The van der Waals surface area contributed by atoms with Crippen molar-refractivity contribution >= 4 is 0 Å². The number of methoxy groups -OCH3 is 1. The highest BCUT2D eigenvalue weighted by molar-refractivity contribution is 5.30. The van der Waals surface area contributed by atoms with E-state index in [1.54, 1.807) is 13.2 Å². The second kappa shape index (κ2) is 7.79. The summed E-state index contributed by atoms with van der Waals surface area (Å²) >= 11 is 0. The summed E-state index contributed by atoms with van der Waals surface area (Å²) in [5, 5.41) is 3.49. The Labute approximate surface area is 126 Å². The second-order valence-electron chi connectivity index (χ2n) is 5.08. The number of hydrogen-bond acceptors (Lipinski definition) is 2. The minimum absolute atomic E-state index is 0.104. The fourth-order valence-corrected chi connectivity index (χ4v) is 2.35. The minimum atomic E-state index is -0.144. The normalized spacial score (nSPS) is 12.1. The van der Waals surface area contributed by atoms with Crippen LogP contribution in [0.15, 0.2) is 48.5 Å². The Morgan fingerprint density at radius 3 is 2.43 bits per heavy atom. The molecule has 1 unspecified atom stereocenters. The van der Waals surface area contributed by atoms with E-state index < -0.39 is 0 Å². The highest BCUT2D eigenvalue weighted by Gasteiger charge is 2.13. The van der Waals surface area contributed by atoms with Crippen LogP contribution in [0.1, 0.15) is 30.5 Å². The molecule has 1 atom stereocenters. The van der Waals surface area contributed by atoms with Crippen LogP contribution in [-0.4, -0.2) is 13.7 Å². The summed E-state index contributed by atoms with van der Waals surface area (Å²) in [7, 11) is 1.65. The van der Waals surface area contributed by atoms with Crippen LogP contribution < -0.4 is 10.1 Å². The summed E-state index contributed by atoms with van der Waals surface area (Å²) in [5.41, 5.74) is 1.88. The molecule has 2 aromatic carbocycles. The fraction of sp³-hybridized carbons (Fsp3) is 0.333. The minimum Gasteiger partial charge on any atom is -0.497 e. The predicted molar refractivity (Wildman–Crippen MR) is 84.1 cm³/mol. The van der Waals surface area contributed by atoms with Crippen molar-refractivity contribution < 1.29 is 9.13 Å². The third-order valence-electron chi connectivity index (χ3n) is 3.54. The quantitative estimate of drug-likeness (QED) is 0.827. The van der Waals surface area contributed by atoms with Crippen LogP contribution in [-0.2, 0) is 6.42 Å². The van der Waals surface area contributed by atoms with E-state index in [0.717, 1.165) is 29.8 Å². The third-order valence-corrected chi connectivity index (χ3v) is 3.54. The Morgan fingerprint density at radius 1 is 1.10 bits per heavy atom. The van der Waals surface area contributed by atoms with Gasteiger partial charge in [-0.1, -0.05) is 37.3 Å². The van der Waals surface area contributed by atoms with Gasteiger partial charge >= 0.3 is 0 Å². The molecular weight excluding hydrogens is 265 g/mol. The smallest absolute Gasteiger partial charge is 0.126 e. The predicted octanol–water partition coefficient (Wildman–Crippen LogP) is 4.12. The van der Waals surface area contributed by atoms with E-state index in [4.69, 9.17) is 4.74 Å². The highest BCUT2D eigenvalue weighted by atomic mass is 19.1. The molecule has 0 saturated heterocycles. The third kappa shape index (κ3) is 4.30. The van der Waals surface area contributed by atoms with Gasteiger partial charge < -0.3 is 10.1 Å². The summed E-state index contributed by atoms with van der Waals surface area (Å²) in [4.78, 5) is 0. The number of nitrogens with one attached hydrogen (secondary N) is 1. The Kier molecular flexibility index (Phi) is 5.76. The van der Waals surface area contributed by atoms with E-state index in [2.05, 4.69) is 12.2 Å². The molecule has 0 spiro atoms. The van der Waals surface area contributed by atoms with Crippen LogP contribution in [0.5, 0.6) is 5.75 Å². The molecule has 0 saturated carbocycles. The molecule has 0 aromatic heterocycles. The van der Waals surface area contributed by atoms with Crippen LogP contribution >= 0.6 is 0 Å². The van der Waals surface area contributed by atoms with Crippen molar-refractivity contribution in [3.05, 3.63) is 65.5 Å². The van der Waals surface area contributed by atoms with E-state index in [0.29, 0.717) is 6.42 Å². The first-order valence-corrected chi connectivity index (χ1v) is 7.35. The summed E-state index contributed by atoms with van der Waals surface area (Å²) in [6.07, 6.45) is 1.68. The second-order valence-corrected chi connectivity index (χ2v) is 5.08. The van der Waals surface area contributed by atoms with Crippen molar-refractivity contribution in [1.29, 1.82) is 0 Å². The zero-order valence-corrected chi connectivity index (χ0v) is 12.6. The molecule has 0 radical (unpaired) electrons. The van der Waals surface area contributed by atoms with Gasteiger partial charge in [0.15, 0.2) is 0 Å². The van der Waals surface area contributed by atoms with Gasteiger partial charge in [0.25, 0.3) is 0 Å². The van der Waals surface area contributed by atoms with Crippen LogP contribution in [0.2, 0.25) is 0 Å². The summed E-state index contributed by atoms with van der Waals surface area (Å²) < 4.78 is 19.0. The van der Waals surface area contributed by atoms with Gasteiger partial charge in [0.1, 0.15) is 11.6 Å². The molecule has 2 nitrogen and oxygen atoms in total. The highest BCUT2D eigenvalue weighted by Crippen LogP contribution is 2.22. The van der Waals surface area contributed by atoms with Gasteiger partial charge in [0, 0.05) is 6.04 Å². The molecule has 2 rings (SSSR count). The largest absolute Gasteiger partial charge is 0.497 e. The topological polar surface area (TPSA) is 21.3 Å². The molecule has 0 aliphatic heterocycles. The van der Waals surface area contributed by atoms with E-state index in [9.17, 15) is 4.39 Å². The fourth-order valence-electron chi connectivity index (χ4n) is 2.35. The van der Waals surface area contributed by atoms with Crippen molar-refractivity contribution in [2.75, 3.05) is 13.7 Å². The first-order valence-electron chi connectivity index (χ1n) is 7.35. The van der Waals surface area contributed by atoms with Crippen molar-refractivity contribution in [3.63, 3.8) is 0 Å². The van der Waals surface area contributed by atoms with Crippen molar-refractivity contribution in [2.45, 2.75) is 25.8 Å². The monoisotopic (exact) mass is 287 g/mol. The molecule has 21 heavy (non-hydrogen) atoms. The lowest BCUT2D eigenvalue weighted by atomic mass is 9.98. The molecule has 0 bridgehead atoms. The van der Waals surface area contributed by atoms with E-state index in [1.807, 2.05) is 36.4 Å². The molecule has 0 aliphatic carbocycles. The molecular formula is C18H22FNO. The lowest BCUT2D eigenvalue weighted by Gasteiger charge is -2.20. The first-order chi connectivity index (χ1) is 10.2. The number of rotatable bonds is 7. The SMILES string of the molecule is CCCNC(Cc1ccccc1F)c1ccc(OC)cc1. The van der Waals surface area contributed by atoms with Gasteiger partial charge in [-0.2, -0.15) is 0 Å². The summed E-state index contributed by atoms with van der Waals surface area (Å²) in [5.74, 6) is 0.688. The zero-order valence-electron chi connectivity index (χ0n) is 12.6. The Bertz CT molecular complexity index is 553. The average Bonchev–Trinajstić information content (AvgIpc) is 2.53. The van der Waals surface area contributed by atoms with Crippen molar-refractivity contribution in [3.8, 4) is 5.75 Å². The van der Waals surface area contributed by atoms with Gasteiger partial charge in [-0.25, -0.2) is 4.39 Å². The Balaban J connectivity index is 2.18. The van der Waals surface area contributed by atoms with Gasteiger partial charge in [-0.3, -0.25) is 0 Å². The maximum atomic E-state index is 13.9. The van der Waals surface area contributed by atoms with Gasteiger partial charge in [-0.15, -0.1) is 0 Å². The number of benzene rings is 2. The molecule has 2 aromatic rings. The lowest BCUT2D eigenvalue weighted by Crippen LogP contribution is -2.24. The van der Waals surface area contributed by atoms with Gasteiger partial charge in [0.05, 0.1) is 7.11 Å². The molecule has 0 amide bonds. The van der Waals surface area contributed by atoms with E-state index in [1.165, 1.54) is 6.07 Å². The average molecular weight is 287 g/mol. The van der Waals surface area contributed by atoms with Crippen LogP contribution in [0.3, 0.4) is 0 Å². The molecule has 3 heteroatoms. The van der Waals surface area contributed by atoms with Crippen molar-refractivity contribution in [1.82, 2.24) is 5.32 Å². The molecule has 0 aliphatic rings. The standard InChI is InChI=1S/C18H22FNO/c1-3-12-20-18(13-15-6-4-5-7-17(15)19)14-8-10-16(21-2)11-9-14/h4-11,18,20H,3,12-13H2,1-2H3. The summed E-state index contributed by atoms with van der Waals surface area (Å²) in [6, 6.07) is 15.0. The Morgan fingerprint density at radius 2 is 1.81 bits per heavy atom. The van der Waals surface area contributed by atoms with Crippen LogP contribution in [0, 0.1) is 5.82 Å².